The lowest BCUT2D eigenvalue weighted by Crippen LogP contribution is -2.44. The van der Waals surface area contributed by atoms with Crippen molar-refractivity contribution in [3.63, 3.8) is 0 Å². The number of piperidine rings is 1. The summed E-state index contributed by atoms with van der Waals surface area (Å²) in [5.41, 5.74) is 1.11. The van der Waals surface area contributed by atoms with Crippen molar-refractivity contribution >= 4 is 5.91 Å². The molecule has 1 aromatic rings. The van der Waals surface area contributed by atoms with Crippen LogP contribution in [0.15, 0.2) is 12.3 Å². The highest BCUT2D eigenvalue weighted by Crippen LogP contribution is 2.24. The summed E-state index contributed by atoms with van der Waals surface area (Å²) in [6, 6.07) is 2.29. The van der Waals surface area contributed by atoms with Crippen molar-refractivity contribution in [1.82, 2.24) is 20.4 Å². The summed E-state index contributed by atoms with van der Waals surface area (Å²) in [6.45, 7) is 2.69. The van der Waals surface area contributed by atoms with Gasteiger partial charge in [-0.05, 0) is 50.8 Å². The summed E-state index contributed by atoms with van der Waals surface area (Å²) in [4.78, 5) is 14.2. The van der Waals surface area contributed by atoms with Gasteiger partial charge in [0.25, 0.3) is 0 Å². The van der Waals surface area contributed by atoms with Gasteiger partial charge in [0.2, 0.25) is 5.91 Å². The van der Waals surface area contributed by atoms with E-state index in [4.69, 9.17) is 0 Å². The molecule has 1 aromatic heterocycles. The minimum Gasteiger partial charge on any atom is -0.383 e. The first-order chi connectivity index (χ1) is 9.72. The van der Waals surface area contributed by atoms with E-state index in [0.717, 1.165) is 51.0 Å². The molecule has 6 heteroatoms. The van der Waals surface area contributed by atoms with Crippen LogP contribution in [0.5, 0.6) is 0 Å². The van der Waals surface area contributed by atoms with Crippen molar-refractivity contribution in [2.45, 2.75) is 44.4 Å². The van der Waals surface area contributed by atoms with Crippen molar-refractivity contribution in [2.75, 3.05) is 13.1 Å². The van der Waals surface area contributed by atoms with E-state index in [1.165, 1.54) is 0 Å². The molecule has 1 saturated carbocycles. The average molecular weight is 278 g/mol. The average Bonchev–Trinajstić information content (AvgIpc) is 3.12. The molecule has 0 bridgehead atoms. The van der Waals surface area contributed by atoms with Crippen LogP contribution >= 0.6 is 0 Å². The molecular formula is C14H22N4O2. The van der Waals surface area contributed by atoms with Crippen LogP contribution in [0.3, 0.4) is 0 Å². The molecule has 1 amide bonds. The standard InChI is InChI=1S/C14H22N4O2/c19-13(14(20)16-11-1-2-11)10-4-7-18(8-5-10)9-12-3-6-15-17-12/h3,6,10-11,13,19H,1-2,4-5,7-9H2,(H,15,17)(H,16,20). The minimum absolute atomic E-state index is 0.0896. The summed E-state index contributed by atoms with van der Waals surface area (Å²) in [5, 5.41) is 19.9. The molecule has 2 heterocycles. The third-order valence-corrected chi connectivity index (χ3v) is 4.22. The van der Waals surface area contributed by atoms with Crippen LogP contribution < -0.4 is 5.32 Å². The molecule has 0 aromatic carbocycles. The Morgan fingerprint density at radius 2 is 2.20 bits per heavy atom. The van der Waals surface area contributed by atoms with E-state index in [1.807, 2.05) is 6.07 Å². The van der Waals surface area contributed by atoms with E-state index in [0.29, 0.717) is 6.04 Å². The van der Waals surface area contributed by atoms with Gasteiger partial charge in [0.1, 0.15) is 6.10 Å². The van der Waals surface area contributed by atoms with Crippen molar-refractivity contribution in [2.24, 2.45) is 5.92 Å². The van der Waals surface area contributed by atoms with Crippen LogP contribution in [0.2, 0.25) is 0 Å². The number of nitrogens with zero attached hydrogens (tertiary/aromatic N) is 2. The van der Waals surface area contributed by atoms with Gasteiger partial charge in [-0.15, -0.1) is 0 Å². The normalized spacial score (nSPS) is 22.6. The van der Waals surface area contributed by atoms with Crippen LogP contribution in [0.4, 0.5) is 0 Å². The summed E-state index contributed by atoms with van der Waals surface area (Å²) < 4.78 is 0. The van der Waals surface area contributed by atoms with Crippen LogP contribution in [0, 0.1) is 5.92 Å². The zero-order chi connectivity index (χ0) is 13.9. The second-order valence-corrected chi connectivity index (χ2v) is 5.92. The second kappa shape index (κ2) is 5.93. The maximum atomic E-state index is 11.8. The highest BCUT2D eigenvalue weighted by molar-refractivity contribution is 5.81. The summed E-state index contributed by atoms with van der Waals surface area (Å²) in [5.74, 6) is -0.0914. The van der Waals surface area contributed by atoms with Crippen molar-refractivity contribution < 1.29 is 9.90 Å². The lowest BCUT2D eigenvalue weighted by Gasteiger charge is -2.33. The smallest absolute Gasteiger partial charge is 0.249 e. The number of aromatic amines is 1. The highest BCUT2D eigenvalue weighted by atomic mass is 16.3. The number of rotatable bonds is 5. The van der Waals surface area contributed by atoms with Crippen LogP contribution in [-0.2, 0) is 11.3 Å². The first kappa shape index (κ1) is 13.6. The Labute approximate surface area is 118 Å². The van der Waals surface area contributed by atoms with Gasteiger partial charge in [0.15, 0.2) is 0 Å². The van der Waals surface area contributed by atoms with E-state index in [1.54, 1.807) is 6.20 Å². The number of likely N-dealkylation sites (tertiary alicyclic amines) is 1. The zero-order valence-corrected chi connectivity index (χ0v) is 11.6. The molecule has 3 N–H and O–H groups in total. The fraction of sp³-hybridized carbons (Fsp3) is 0.714. The predicted molar refractivity (Wildman–Crippen MR) is 73.8 cm³/mol. The minimum atomic E-state index is -0.843. The predicted octanol–water partition coefficient (Wildman–Crippen LogP) is 0.261. The number of aromatic nitrogens is 2. The molecule has 0 spiro atoms. The third-order valence-electron chi connectivity index (χ3n) is 4.22. The Balaban J connectivity index is 1.44. The quantitative estimate of drug-likeness (QED) is 0.722. The Morgan fingerprint density at radius 1 is 1.45 bits per heavy atom. The molecule has 1 saturated heterocycles. The summed E-state index contributed by atoms with van der Waals surface area (Å²) in [6.07, 6.45) is 4.77. The SMILES string of the molecule is O=C(NC1CC1)C(O)C1CCN(Cc2ccn[nH]2)CC1. The molecular weight excluding hydrogens is 256 g/mol. The molecule has 1 atom stereocenters. The number of hydrogen-bond acceptors (Lipinski definition) is 4. The fourth-order valence-corrected chi connectivity index (χ4v) is 2.77. The number of carbonyl (C=O) groups excluding carboxylic acids is 1. The second-order valence-electron chi connectivity index (χ2n) is 5.92. The Hall–Kier alpha value is -1.40. The van der Waals surface area contributed by atoms with Gasteiger partial charge in [-0.25, -0.2) is 0 Å². The number of carbonyl (C=O) groups is 1. The number of aliphatic hydroxyl groups excluding tert-OH is 1. The number of amides is 1. The van der Waals surface area contributed by atoms with Crippen molar-refractivity contribution in [3.05, 3.63) is 18.0 Å². The van der Waals surface area contributed by atoms with E-state index >= 15 is 0 Å². The maximum absolute atomic E-state index is 11.8. The number of hydrogen-bond donors (Lipinski definition) is 3. The van der Waals surface area contributed by atoms with Gasteiger partial charge in [-0.2, -0.15) is 5.10 Å². The first-order valence-electron chi connectivity index (χ1n) is 7.41. The van der Waals surface area contributed by atoms with Gasteiger partial charge < -0.3 is 10.4 Å². The van der Waals surface area contributed by atoms with E-state index in [2.05, 4.69) is 20.4 Å². The van der Waals surface area contributed by atoms with E-state index in [-0.39, 0.29) is 11.8 Å². The van der Waals surface area contributed by atoms with Gasteiger partial charge in [0.05, 0.1) is 0 Å². The van der Waals surface area contributed by atoms with Crippen LogP contribution in [-0.4, -0.2) is 51.3 Å². The largest absolute Gasteiger partial charge is 0.383 e. The molecule has 1 aliphatic carbocycles. The highest BCUT2D eigenvalue weighted by Gasteiger charge is 2.32. The van der Waals surface area contributed by atoms with Crippen LogP contribution in [0.1, 0.15) is 31.4 Å². The number of aliphatic hydroxyl groups is 1. The van der Waals surface area contributed by atoms with Gasteiger partial charge in [-0.1, -0.05) is 0 Å². The molecule has 0 radical (unpaired) electrons. The third kappa shape index (κ3) is 3.37. The Kier molecular flexibility index (Phi) is 4.03. The molecule has 3 rings (SSSR count). The maximum Gasteiger partial charge on any atom is 0.249 e. The van der Waals surface area contributed by atoms with E-state index in [9.17, 15) is 9.90 Å². The summed E-state index contributed by atoms with van der Waals surface area (Å²) >= 11 is 0. The molecule has 1 unspecified atom stereocenters. The first-order valence-corrected chi connectivity index (χ1v) is 7.41. The lowest BCUT2D eigenvalue weighted by atomic mass is 9.90. The molecule has 20 heavy (non-hydrogen) atoms. The van der Waals surface area contributed by atoms with Crippen molar-refractivity contribution in [1.29, 1.82) is 0 Å². The van der Waals surface area contributed by atoms with E-state index < -0.39 is 6.10 Å². The van der Waals surface area contributed by atoms with Crippen molar-refractivity contribution in [3.8, 4) is 0 Å². The molecule has 1 aliphatic heterocycles. The summed E-state index contributed by atoms with van der Waals surface area (Å²) in [7, 11) is 0. The molecule has 2 aliphatic rings. The Morgan fingerprint density at radius 3 is 2.80 bits per heavy atom. The Bertz CT molecular complexity index is 436. The molecule has 6 nitrogen and oxygen atoms in total. The molecule has 110 valence electrons. The lowest BCUT2D eigenvalue weighted by molar-refractivity contribution is -0.133. The fourth-order valence-electron chi connectivity index (χ4n) is 2.77. The topological polar surface area (TPSA) is 81.2 Å². The van der Waals surface area contributed by atoms with Crippen LogP contribution in [0.25, 0.3) is 0 Å². The zero-order valence-electron chi connectivity index (χ0n) is 11.6. The van der Waals surface area contributed by atoms with Gasteiger partial charge in [0, 0.05) is 24.5 Å². The van der Waals surface area contributed by atoms with Gasteiger partial charge in [-0.3, -0.25) is 14.8 Å². The number of nitrogens with one attached hydrogen (secondary N) is 2. The van der Waals surface area contributed by atoms with Gasteiger partial charge >= 0.3 is 0 Å². The molecule has 2 fully saturated rings. The number of H-pyrrole nitrogens is 1. The monoisotopic (exact) mass is 278 g/mol.